The molecule has 15 heavy (non-hydrogen) atoms. The van der Waals surface area contributed by atoms with E-state index in [4.69, 9.17) is 4.74 Å². The maximum absolute atomic E-state index is 12.7. The molecule has 1 heterocycles. The molecule has 0 radical (unpaired) electrons. The molecule has 1 atom stereocenters. The smallest absolute Gasteiger partial charge is 0.123 e. The molecular weight excluding hydrogens is 259 g/mol. The fraction of sp³-hybridized carbons (Fsp3) is 0.500. The van der Waals surface area contributed by atoms with Crippen molar-refractivity contribution in [2.45, 2.75) is 12.8 Å². The van der Waals surface area contributed by atoms with Gasteiger partial charge in [0.2, 0.25) is 0 Å². The van der Waals surface area contributed by atoms with Crippen LogP contribution in [-0.4, -0.2) is 18.5 Å². The largest absolute Gasteiger partial charge is 0.381 e. The third kappa shape index (κ3) is 2.58. The molecule has 0 N–H and O–H groups in total. The molecule has 2 rings (SSSR count). The molecule has 0 bridgehead atoms. The molecule has 0 saturated carbocycles. The van der Waals surface area contributed by atoms with Crippen LogP contribution >= 0.6 is 15.9 Å². The van der Waals surface area contributed by atoms with Crippen molar-refractivity contribution in [3.05, 3.63) is 35.6 Å². The van der Waals surface area contributed by atoms with E-state index >= 15 is 0 Å². The third-order valence-electron chi connectivity index (χ3n) is 2.96. The highest BCUT2D eigenvalue weighted by Gasteiger charge is 2.33. The molecule has 0 amide bonds. The Morgan fingerprint density at radius 3 is 2.60 bits per heavy atom. The van der Waals surface area contributed by atoms with Gasteiger partial charge in [0, 0.05) is 17.4 Å². The standard InChI is InChI=1S/C12H14BrFO/c13-8-12(5-6-15-9-12)7-10-1-3-11(14)4-2-10/h1-4H,5-9H2. The Balaban J connectivity index is 2.09. The molecule has 1 fully saturated rings. The summed E-state index contributed by atoms with van der Waals surface area (Å²) in [7, 11) is 0. The van der Waals surface area contributed by atoms with Crippen LogP contribution in [0, 0.1) is 11.2 Å². The number of alkyl halides is 1. The predicted molar refractivity (Wildman–Crippen MR) is 61.8 cm³/mol. The lowest BCUT2D eigenvalue weighted by Gasteiger charge is -2.24. The van der Waals surface area contributed by atoms with Crippen molar-refractivity contribution >= 4 is 15.9 Å². The zero-order chi connectivity index (χ0) is 10.7. The first-order valence-corrected chi connectivity index (χ1v) is 6.24. The van der Waals surface area contributed by atoms with Crippen LogP contribution in [0.1, 0.15) is 12.0 Å². The Bertz CT molecular complexity index is 317. The van der Waals surface area contributed by atoms with Crippen molar-refractivity contribution in [3.63, 3.8) is 0 Å². The number of hydrogen-bond donors (Lipinski definition) is 0. The first kappa shape index (κ1) is 11.1. The minimum atomic E-state index is -0.172. The number of benzene rings is 1. The second kappa shape index (κ2) is 4.62. The summed E-state index contributed by atoms with van der Waals surface area (Å²) < 4.78 is 18.2. The SMILES string of the molecule is Fc1ccc(CC2(CBr)CCOC2)cc1. The van der Waals surface area contributed by atoms with Crippen LogP contribution in [0.5, 0.6) is 0 Å². The van der Waals surface area contributed by atoms with Gasteiger partial charge in [-0.25, -0.2) is 4.39 Å². The zero-order valence-electron chi connectivity index (χ0n) is 8.51. The molecule has 1 aliphatic rings. The summed E-state index contributed by atoms with van der Waals surface area (Å²) in [4.78, 5) is 0. The minimum absolute atomic E-state index is 0.172. The van der Waals surface area contributed by atoms with E-state index in [0.29, 0.717) is 0 Å². The average molecular weight is 273 g/mol. The van der Waals surface area contributed by atoms with Crippen molar-refractivity contribution in [3.8, 4) is 0 Å². The normalized spacial score (nSPS) is 25.7. The maximum Gasteiger partial charge on any atom is 0.123 e. The van der Waals surface area contributed by atoms with Crippen LogP contribution < -0.4 is 0 Å². The number of halogens is 2. The lowest BCUT2D eigenvalue weighted by atomic mass is 9.83. The summed E-state index contributed by atoms with van der Waals surface area (Å²) in [6.45, 7) is 1.64. The summed E-state index contributed by atoms with van der Waals surface area (Å²) in [6.07, 6.45) is 2.04. The fourth-order valence-electron chi connectivity index (χ4n) is 1.98. The molecular formula is C12H14BrFO. The van der Waals surface area contributed by atoms with E-state index in [1.54, 1.807) is 0 Å². The molecule has 1 saturated heterocycles. The molecule has 0 aromatic heterocycles. The van der Waals surface area contributed by atoms with Crippen LogP contribution in [0.3, 0.4) is 0 Å². The zero-order valence-corrected chi connectivity index (χ0v) is 10.1. The van der Waals surface area contributed by atoms with E-state index in [9.17, 15) is 4.39 Å². The van der Waals surface area contributed by atoms with Crippen molar-refractivity contribution in [1.82, 2.24) is 0 Å². The van der Waals surface area contributed by atoms with Gasteiger partial charge in [-0.15, -0.1) is 0 Å². The van der Waals surface area contributed by atoms with E-state index < -0.39 is 0 Å². The second-order valence-electron chi connectivity index (χ2n) is 4.24. The Hall–Kier alpha value is -0.410. The Kier molecular flexibility index (Phi) is 3.42. The third-order valence-corrected chi connectivity index (χ3v) is 4.15. The maximum atomic E-state index is 12.7. The molecule has 82 valence electrons. The minimum Gasteiger partial charge on any atom is -0.381 e. The van der Waals surface area contributed by atoms with E-state index in [2.05, 4.69) is 15.9 Å². The summed E-state index contributed by atoms with van der Waals surface area (Å²) in [6, 6.07) is 6.76. The van der Waals surface area contributed by atoms with Gasteiger partial charge >= 0.3 is 0 Å². The van der Waals surface area contributed by atoms with Crippen molar-refractivity contribution in [1.29, 1.82) is 0 Å². The van der Waals surface area contributed by atoms with E-state index in [0.717, 1.165) is 31.4 Å². The molecule has 1 unspecified atom stereocenters. The summed E-state index contributed by atoms with van der Waals surface area (Å²) in [5.41, 5.74) is 1.39. The first-order chi connectivity index (χ1) is 7.24. The number of rotatable bonds is 3. The van der Waals surface area contributed by atoms with Crippen LogP contribution in [0.25, 0.3) is 0 Å². The molecule has 0 spiro atoms. The highest BCUT2D eigenvalue weighted by molar-refractivity contribution is 9.09. The molecule has 3 heteroatoms. The van der Waals surface area contributed by atoms with Gasteiger partial charge in [0.1, 0.15) is 5.82 Å². The van der Waals surface area contributed by atoms with Crippen molar-refractivity contribution in [2.75, 3.05) is 18.5 Å². The fourth-order valence-corrected chi connectivity index (χ4v) is 2.62. The van der Waals surface area contributed by atoms with E-state index in [-0.39, 0.29) is 11.2 Å². The van der Waals surface area contributed by atoms with Gasteiger partial charge in [-0.3, -0.25) is 0 Å². The molecule has 0 aliphatic carbocycles. The highest BCUT2D eigenvalue weighted by Crippen LogP contribution is 2.34. The summed E-state index contributed by atoms with van der Waals surface area (Å²) >= 11 is 3.55. The van der Waals surface area contributed by atoms with Gasteiger partial charge < -0.3 is 4.74 Å². The number of ether oxygens (including phenoxy) is 1. The first-order valence-electron chi connectivity index (χ1n) is 5.12. The second-order valence-corrected chi connectivity index (χ2v) is 4.80. The number of hydrogen-bond acceptors (Lipinski definition) is 1. The highest BCUT2D eigenvalue weighted by atomic mass is 79.9. The van der Waals surface area contributed by atoms with Gasteiger partial charge in [0.15, 0.2) is 0 Å². The molecule has 1 aromatic rings. The van der Waals surface area contributed by atoms with Gasteiger partial charge in [-0.1, -0.05) is 28.1 Å². The monoisotopic (exact) mass is 272 g/mol. The topological polar surface area (TPSA) is 9.23 Å². The Morgan fingerprint density at radius 2 is 2.07 bits per heavy atom. The lowest BCUT2D eigenvalue weighted by Crippen LogP contribution is -2.25. The van der Waals surface area contributed by atoms with Gasteiger partial charge in [0.25, 0.3) is 0 Å². The van der Waals surface area contributed by atoms with Crippen molar-refractivity contribution in [2.24, 2.45) is 5.41 Å². The Labute approximate surface area is 97.8 Å². The molecule has 1 aliphatic heterocycles. The van der Waals surface area contributed by atoms with Crippen LogP contribution in [0.4, 0.5) is 4.39 Å². The average Bonchev–Trinajstić information content (AvgIpc) is 2.71. The van der Waals surface area contributed by atoms with Gasteiger partial charge in [0.05, 0.1) is 6.61 Å². The predicted octanol–water partition coefficient (Wildman–Crippen LogP) is 3.17. The lowest BCUT2D eigenvalue weighted by molar-refractivity contribution is 0.162. The van der Waals surface area contributed by atoms with E-state index in [1.807, 2.05) is 12.1 Å². The summed E-state index contributed by atoms with van der Waals surface area (Å²) in [5, 5.41) is 0.942. The summed E-state index contributed by atoms with van der Waals surface area (Å²) in [5.74, 6) is -0.172. The van der Waals surface area contributed by atoms with Crippen LogP contribution in [0.2, 0.25) is 0 Å². The quantitative estimate of drug-likeness (QED) is 0.769. The van der Waals surface area contributed by atoms with Crippen LogP contribution in [0.15, 0.2) is 24.3 Å². The Morgan fingerprint density at radius 1 is 1.33 bits per heavy atom. The molecule has 1 aromatic carbocycles. The van der Waals surface area contributed by atoms with Crippen LogP contribution in [-0.2, 0) is 11.2 Å². The van der Waals surface area contributed by atoms with Gasteiger partial charge in [-0.05, 0) is 30.5 Å². The molecule has 1 nitrogen and oxygen atoms in total. The van der Waals surface area contributed by atoms with E-state index in [1.165, 1.54) is 17.7 Å². The van der Waals surface area contributed by atoms with Crippen molar-refractivity contribution < 1.29 is 9.13 Å². The van der Waals surface area contributed by atoms with Gasteiger partial charge in [-0.2, -0.15) is 0 Å².